The first-order valence-electron chi connectivity index (χ1n) is 8.12. The third-order valence-corrected chi connectivity index (χ3v) is 4.52. The van der Waals surface area contributed by atoms with Crippen molar-refractivity contribution >= 4 is 17.7 Å². The summed E-state index contributed by atoms with van der Waals surface area (Å²) in [6.45, 7) is 1.85. The summed E-state index contributed by atoms with van der Waals surface area (Å²) in [7, 11) is 0. The highest BCUT2D eigenvalue weighted by Gasteiger charge is 2.28. The van der Waals surface area contributed by atoms with Gasteiger partial charge in [-0.25, -0.2) is 4.68 Å². The highest BCUT2D eigenvalue weighted by molar-refractivity contribution is 7.99. The molecule has 1 N–H and O–H groups in total. The molecule has 0 bridgehead atoms. The molecule has 8 heteroatoms. The molecule has 1 heterocycles. The first-order valence-corrected chi connectivity index (χ1v) is 9.10. The number of tetrazole rings is 1. The third-order valence-electron chi connectivity index (χ3n) is 3.59. The van der Waals surface area contributed by atoms with Gasteiger partial charge in [-0.05, 0) is 35.3 Å². The number of benzene rings is 1. The Morgan fingerprint density at radius 2 is 2.17 bits per heavy atom. The number of carbonyl (C=O) groups excluding carboxylic acids is 1. The van der Waals surface area contributed by atoms with Gasteiger partial charge in [0.1, 0.15) is 0 Å². The topological polar surface area (TPSA) is 81.9 Å². The minimum atomic E-state index is -0.00611. The molecule has 1 aromatic carbocycles. The number of rotatable bonds is 10. The van der Waals surface area contributed by atoms with Crippen molar-refractivity contribution in [2.45, 2.75) is 37.1 Å². The number of hydrogen-bond donors (Lipinski definition) is 1. The van der Waals surface area contributed by atoms with Gasteiger partial charge in [0.2, 0.25) is 11.1 Å². The molecule has 7 nitrogen and oxygen atoms in total. The van der Waals surface area contributed by atoms with E-state index in [1.54, 1.807) is 0 Å². The minimum absolute atomic E-state index is 0.00611. The van der Waals surface area contributed by atoms with Crippen LogP contribution in [0.15, 0.2) is 35.5 Å². The molecule has 1 saturated carbocycles. The number of amides is 1. The van der Waals surface area contributed by atoms with Crippen LogP contribution in [0, 0.1) is 0 Å². The van der Waals surface area contributed by atoms with Crippen LogP contribution >= 0.6 is 11.8 Å². The van der Waals surface area contributed by atoms with Crippen molar-refractivity contribution in [2.75, 3.05) is 18.9 Å². The van der Waals surface area contributed by atoms with E-state index in [0.717, 1.165) is 30.0 Å². The summed E-state index contributed by atoms with van der Waals surface area (Å²) in [6.07, 6.45) is 3.03. The lowest BCUT2D eigenvalue weighted by molar-refractivity contribution is -0.118. The molecule has 1 fully saturated rings. The van der Waals surface area contributed by atoms with Gasteiger partial charge < -0.3 is 10.1 Å². The lowest BCUT2D eigenvalue weighted by atomic mass is 10.2. The zero-order valence-corrected chi connectivity index (χ0v) is 14.2. The quantitative estimate of drug-likeness (QED) is 0.521. The van der Waals surface area contributed by atoms with E-state index in [-0.39, 0.29) is 5.91 Å². The van der Waals surface area contributed by atoms with Crippen molar-refractivity contribution in [3.8, 4) is 0 Å². The summed E-state index contributed by atoms with van der Waals surface area (Å²) in [5.74, 6) is 0.325. The molecule has 0 radical (unpaired) electrons. The largest absolute Gasteiger partial charge is 0.377 e. The number of nitrogens with zero attached hydrogens (tertiary/aromatic N) is 4. The molecule has 24 heavy (non-hydrogen) atoms. The van der Waals surface area contributed by atoms with E-state index < -0.39 is 0 Å². The first kappa shape index (κ1) is 16.9. The van der Waals surface area contributed by atoms with Crippen molar-refractivity contribution in [2.24, 2.45) is 0 Å². The number of hydrogen-bond acceptors (Lipinski definition) is 6. The van der Waals surface area contributed by atoms with Crippen LogP contribution in [-0.4, -0.2) is 45.0 Å². The van der Waals surface area contributed by atoms with Crippen molar-refractivity contribution in [3.63, 3.8) is 0 Å². The molecule has 2 aromatic rings. The highest BCUT2D eigenvalue weighted by atomic mass is 32.2. The molecule has 1 aliphatic carbocycles. The van der Waals surface area contributed by atoms with Crippen LogP contribution in [0.4, 0.5) is 0 Å². The van der Waals surface area contributed by atoms with Crippen LogP contribution < -0.4 is 5.32 Å². The third kappa shape index (κ3) is 5.31. The monoisotopic (exact) mass is 347 g/mol. The fourth-order valence-electron chi connectivity index (χ4n) is 2.18. The molecule has 1 aliphatic rings. The van der Waals surface area contributed by atoms with E-state index in [4.69, 9.17) is 4.74 Å². The molecular weight excluding hydrogens is 326 g/mol. The van der Waals surface area contributed by atoms with Gasteiger partial charge in [0.25, 0.3) is 0 Å². The number of thioether (sulfide) groups is 1. The standard InChI is InChI=1S/C16H21N5O2S/c22-15(12-24-16-18-19-20-21(16)14-7-8-14)17-9-4-10-23-11-13-5-2-1-3-6-13/h1-3,5-6,14H,4,7-12H2,(H,17,22). The summed E-state index contributed by atoms with van der Waals surface area (Å²) in [5, 5.41) is 15.2. The van der Waals surface area contributed by atoms with Gasteiger partial charge in [0.05, 0.1) is 18.4 Å². The Kier molecular flexibility index (Phi) is 6.20. The average Bonchev–Trinajstić information content (AvgIpc) is 3.35. The molecule has 3 rings (SSSR count). The average molecular weight is 347 g/mol. The second-order valence-corrected chi connectivity index (χ2v) is 6.61. The maximum atomic E-state index is 11.8. The predicted octanol–water partition coefficient (Wildman–Crippen LogP) is 1.82. The first-order chi connectivity index (χ1) is 11.8. The summed E-state index contributed by atoms with van der Waals surface area (Å²) < 4.78 is 7.40. The van der Waals surface area contributed by atoms with Crippen LogP contribution in [0.1, 0.15) is 30.9 Å². The van der Waals surface area contributed by atoms with Crippen molar-refractivity contribution in [1.29, 1.82) is 0 Å². The molecule has 1 aromatic heterocycles. The fourth-order valence-corrected chi connectivity index (χ4v) is 2.95. The Labute approximate surface area is 145 Å². The van der Waals surface area contributed by atoms with E-state index in [2.05, 4.69) is 20.8 Å². The second kappa shape index (κ2) is 8.79. The smallest absolute Gasteiger partial charge is 0.230 e. The Morgan fingerprint density at radius 3 is 2.96 bits per heavy atom. The Hall–Kier alpha value is -1.93. The number of carbonyl (C=O) groups is 1. The molecular formula is C16H21N5O2S. The van der Waals surface area contributed by atoms with Crippen LogP contribution in [0.25, 0.3) is 0 Å². The second-order valence-electron chi connectivity index (χ2n) is 5.67. The summed E-state index contributed by atoms with van der Waals surface area (Å²) in [4.78, 5) is 11.8. The molecule has 128 valence electrons. The predicted molar refractivity (Wildman–Crippen MR) is 90.5 cm³/mol. The van der Waals surface area contributed by atoms with E-state index in [0.29, 0.717) is 31.6 Å². The molecule has 0 aliphatic heterocycles. The van der Waals surface area contributed by atoms with E-state index in [1.807, 2.05) is 35.0 Å². The van der Waals surface area contributed by atoms with Crippen molar-refractivity contribution < 1.29 is 9.53 Å². The maximum Gasteiger partial charge on any atom is 0.230 e. The molecule has 0 unspecified atom stereocenters. The zero-order valence-electron chi connectivity index (χ0n) is 13.4. The van der Waals surface area contributed by atoms with E-state index in [1.165, 1.54) is 11.8 Å². The van der Waals surface area contributed by atoms with E-state index >= 15 is 0 Å². The number of aromatic nitrogens is 4. The molecule has 0 spiro atoms. The fraction of sp³-hybridized carbons (Fsp3) is 0.500. The van der Waals surface area contributed by atoms with Gasteiger partial charge in [-0.2, -0.15) is 0 Å². The van der Waals surface area contributed by atoms with Crippen LogP contribution in [0.3, 0.4) is 0 Å². The number of ether oxygens (including phenoxy) is 1. The highest BCUT2D eigenvalue weighted by Crippen LogP contribution is 2.36. The van der Waals surface area contributed by atoms with Gasteiger partial charge in [0.15, 0.2) is 0 Å². The van der Waals surface area contributed by atoms with Crippen LogP contribution in [0.2, 0.25) is 0 Å². The van der Waals surface area contributed by atoms with Crippen LogP contribution in [0.5, 0.6) is 0 Å². The Balaban J connectivity index is 1.24. The van der Waals surface area contributed by atoms with Gasteiger partial charge >= 0.3 is 0 Å². The van der Waals surface area contributed by atoms with Gasteiger partial charge in [-0.1, -0.05) is 42.1 Å². The normalized spacial score (nSPS) is 13.8. The van der Waals surface area contributed by atoms with Crippen LogP contribution in [-0.2, 0) is 16.1 Å². The van der Waals surface area contributed by atoms with Gasteiger partial charge in [-0.15, -0.1) is 5.10 Å². The zero-order chi connectivity index (χ0) is 16.6. The molecule has 1 amide bonds. The van der Waals surface area contributed by atoms with Gasteiger partial charge in [-0.3, -0.25) is 4.79 Å². The number of nitrogens with one attached hydrogen (secondary N) is 1. The van der Waals surface area contributed by atoms with Crippen molar-refractivity contribution in [3.05, 3.63) is 35.9 Å². The Morgan fingerprint density at radius 1 is 1.33 bits per heavy atom. The molecule has 0 atom stereocenters. The summed E-state index contributed by atoms with van der Waals surface area (Å²) >= 11 is 1.38. The summed E-state index contributed by atoms with van der Waals surface area (Å²) in [6, 6.07) is 10.5. The van der Waals surface area contributed by atoms with E-state index in [9.17, 15) is 4.79 Å². The lowest BCUT2D eigenvalue weighted by Crippen LogP contribution is -2.27. The minimum Gasteiger partial charge on any atom is -0.377 e. The van der Waals surface area contributed by atoms with Crippen molar-refractivity contribution in [1.82, 2.24) is 25.5 Å². The summed E-state index contributed by atoms with van der Waals surface area (Å²) in [5.41, 5.74) is 1.16. The SMILES string of the molecule is O=C(CSc1nnnn1C1CC1)NCCCOCc1ccccc1. The van der Waals surface area contributed by atoms with Gasteiger partial charge in [0, 0.05) is 13.2 Å². The Bertz CT molecular complexity index is 645. The molecule has 0 saturated heterocycles. The lowest BCUT2D eigenvalue weighted by Gasteiger charge is -2.06. The maximum absolute atomic E-state index is 11.8.